The van der Waals surface area contributed by atoms with Crippen LogP contribution in [0.2, 0.25) is 13.1 Å². The van der Waals surface area contributed by atoms with E-state index in [1.165, 1.54) is 44.9 Å². The normalized spacial score (nSPS) is 12.0. The van der Waals surface area contributed by atoms with E-state index >= 15 is 0 Å². The molecule has 0 unspecified atom stereocenters. The average molecular weight is 237 g/mol. The van der Waals surface area contributed by atoms with Gasteiger partial charge in [0.05, 0.1) is 0 Å². The highest BCUT2D eigenvalue weighted by Gasteiger charge is 2.16. The lowest BCUT2D eigenvalue weighted by Gasteiger charge is -2.13. The molecule has 0 fully saturated rings. The zero-order chi connectivity index (χ0) is 10.9. The van der Waals surface area contributed by atoms with Crippen molar-refractivity contribution in [2.24, 2.45) is 0 Å². The molecule has 0 aromatic rings. The summed E-state index contributed by atoms with van der Waals surface area (Å²) in [7, 11) is -1.77. The van der Waals surface area contributed by atoms with Gasteiger partial charge in [-0.25, -0.2) is 0 Å². The third kappa shape index (κ3) is 12.5. The van der Waals surface area contributed by atoms with Crippen LogP contribution in [-0.2, 0) is 4.43 Å². The maximum atomic E-state index is 6.03. The van der Waals surface area contributed by atoms with Gasteiger partial charge in [-0.2, -0.15) is 0 Å². The summed E-state index contributed by atoms with van der Waals surface area (Å²) in [6.45, 7) is 7.16. The van der Waals surface area contributed by atoms with Crippen LogP contribution in [0.1, 0.15) is 51.9 Å². The maximum Gasteiger partial charge on any atom is 0.283 e. The summed E-state index contributed by atoms with van der Waals surface area (Å²) in [5.41, 5.74) is 0. The van der Waals surface area contributed by atoms with Crippen molar-refractivity contribution in [2.45, 2.75) is 65.0 Å². The molecule has 86 valence electrons. The minimum absolute atomic E-state index is 0.858. The molecule has 0 bridgehead atoms. The Labute approximate surface area is 95.0 Å². The van der Waals surface area contributed by atoms with Gasteiger partial charge in [0.25, 0.3) is 7.63 Å². The van der Waals surface area contributed by atoms with Gasteiger partial charge in [0.1, 0.15) is 0 Å². The van der Waals surface area contributed by atoms with Crippen molar-refractivity contribution in [3.63, 3.8) is 0 Å². The molecule has 3 heteroatoms. The molecule has 0 aliphatic rings. The molecule has 0 aromatic carbocycles. The van der Waals surface area contributed by atoms with E-state index in [0.29, 0.717) is 0 Å². The van der Waals surface area contributed by atoms with Crippen molar-refractivity contribution in [3.8, 4) is 0 Å². The molecule has 0 saturated heterocycles. The molecule has 14 heavy (non-hydrogen) atoms. The van der Waals surface area contributed by atoms with Gasteiger partial charge in [0.2, 0.25) is 0 Å². The number of unbranched alkanes of at least 4 members (excludes halogenated alkanes) is 6. The molecule has 1 nitrogen and oxygen atoms in total. The third-order valence-corrected chi connectivity index (χ3v) is 3.41. The zero-order valence-corrected chi connectivity index (χ0v) is 11.7. The number of halogens is 1. The monoisotopic (exact) mass is 236 g/mol. The van der Waals surface area contributed by atoms with Gasteiger partial charge in [-0.15, -0.1) is 11.1 Å². The van der Waals surface area contributed by atoms with Crippen molar-refractivity contribution < 1.29 is 4.43 Å². The van der Waals surface area contributed by atoms with E-state index < -0.39 is 7.63 Å². The highest BCUT2D eigenvalue weighted by molar-refractivity contribution is 7.15. The number of hydrogen-bond acceptors (Lipinski definition) is 1. The average Bonchev–Trinajstić information content (AvgIpc) is 2.08. The Hall–Kier alpha value is 0.467. The lowest BCUT2D eigenvalue weighted by atomic mass is 10.1. The van der Waals surface area contributed by atoms with E-state index in [9.17, 15) is 0 Å². The fourth-order valence-corrected chi connectivity index (χ4v) is 2.24. The van der Waals surface area contributed by atoms with Crippen LogP contribution in [0.25, 0.3) is 0 Å². The Morgan fingerprint density at radius 3 is 1.93 bits per heavy atom. The van der Waals surface area contributed by atoms with E-state index in [4.69, 9.17) is 15.5 Å². The summed E-state index contributed by atoms with van der Waals surface area (Å²) in [4.78, 5) is 0. The molecule has 0 rings (SSSR count). The van der Waals surface area contributed by atoms with Crippen LogP contribution in [0.3, 0.4) is 0 Å². The van der Waals surface area contributed by atoms with Crippen LogP contribution >= 0.6 is 11.1 Å². The molecule has 0 amide bonds. The molecule has 0 spiro atoms. The van der Waals surface area contributed by atoms with Gasteiger partial charge >= 0.3 is 0 Å². The second-order valence-electron chi connectivity index (χ2n) is 4.33. The molecule has 0 atom stereocenters. The van der Waals surface area contributed by atoms with Crippen LogP contribution in [-0.4, -0.2) is 14.2 Å². The molecular weight excluding hydrogens is 212 g/mol. The second kappa shape index (κ2) is 8.75. The lowest BCUT2D eigenvalue weighted by Crippen LogP contribution is -2.22. The lowest BCUT2D eigenvalue weighted by molar-refractivity contribution is 0.306. The molecule has 0 radical (unpaired) electrons. The first-order chi connectivity index (χ1) is 6.56. The maximum absolute atomic E-state index is 6.03. The van der Waals surface area contributed by atoms with Gasteiger partial charge in [-0.1, -0.05) is 45.4 Å². The quantitative estimate of drug-likeness (QED) is 0.321. The van der Waals surface area contributed by atoms with Crippen LogP contribution in [0.15, 0.2) is 0 Å². The van der Waals surface area contributed by atoms with E-state index in [2.05, 4.69) is 6.92 Å². The summed E-state index contributed by atoms with van der Waals surface area (Å²) < 4.78 is 5.56. The highest BCUT2D eigenvalue weighted by atomic mass is 35.6. The van der Waals surface area contributed by atoms with Crippen molar-refractivity contribution in [3.05, 3.63) is 0 Å². The summed E-state index contributed by atoms with van der Waals surface area (Å²) in [5.74, 6) is 0. The minimum Gasteiger partial charge on any atom is -0.403 e. The first-order valence-corrected chi connectivity index (χ1v) is 9.81. The van der Waals surface area contributed by atoms with Gasteiger partial charge in [0, 0.05) is 6.61 Å². The van der Waals surface area contributed by atoms with Crippen LogP contribution < -0.4 is 0 Å². The zero-order valence-electron chi connectivity index (χ0n) is 9.94. The smallest absolute Gasteiger partial charge is 0.283 e. The van der Waals surface area contributed by atoms with E-state index in [1.54, 1.807) is 0 Å². The Bertz CT molecular complexity index is 123. The summed E-state index contributed by atoms with van der Waals surface area (Å²) in [5, 5.41) is 0. The minimum atomic E-state index is -1.77. The first-order valence-electron chi connectivity index (χ1n) is 5.89. The van der Waals surface area contributed by atoms with Crippen LogP contribution in [0.5, 0.6) is 0 Å². The summed E-state index contributed by atoms with van der Waals surface area (Å²) >= 11 is 6.03. The van der Waals surface area contributed by atoms with Gasteiger partial charge in [-0.3, -0.25) is 0 Å². The Morgan fingerprint density at radius 1 is 0.929 bits per heavy atom. The second-order valence-corrected chi connectivity index (χ2v) is 10.1. The number of hydrogen-bond donors (Lipinski definition) is 0. The predicted octanol–water partition coefficient (Wildman–Crippen LogP) is 4.69. The van der Waals surface area contributed by atoms with Crippen molar-refractivity contribution >= 4 is 18.7 Å². The Morgan fingerprint density at radius 2 is 1.43 bits per heavy atom. The van der Waals surface area contributed by atoms with E-state index in [-0.39, 0.29) is 0 Å². The van der Waals surface area contributed by atoms with Crippen molar-refractivity contribution in [2.75, 3.05) is 6.61 Å². The molecule has 0 aliphatic heterocycles. The third-order valence-electron chi connectivity index (χ3n) is 2.19. The van der Waals surface area contributed by atoms with Crippen molar-refractivity contribution in [1.82, 2.24) is 0 Å². The predicted molar refractivity (Wildman–Crippen MR) is 67.3 cm³/mol. The molecule has 0 heterocycles. The highest BCUT2D eigenvalue weighted by Crippen LogP contribution is 2.11. The van der Waals surface area contributed by atoms with Gasteiger partial charge in [-0.05, 0) is 19.5 Å². The standard InChI is InChI=1S/C11H25ClOSi/c1-4-5-6-7-8-9-10-11-13-14(2,3)12/h4-11H2,1-3H3. The first kappa shape index (κ1) is 14.5. The van der Waals surface area contributed by atoms with Crippen molar-refractivity contribution in [1.29, 1.82) is 0 Å². The summed E-state index contributed by atoms with van der Waals surface area (Å²) in [6.07, 6.45) is 9.32. The topological polar surface area (TPSA) is 9.23 Å². The van der Waals surface area contributed by atoms with Crippen LogP contribution in [0.4, 0.5) is 0 Å². The van der Waals surface area contributed by atoms with Gasteiger partial charge < -0.3 is 4.43 Å². The molecular formula is C11H25ClOSi. The van der Waals surface area contributed by atoms with E-state index in [0.717, 1.165) is 6.61 Å². The molecule has 0 saturated carbocycles. The van der Waals surface area contributed by atoms with E-state index in [1.807, 2.05) is 13.1 Å². The number of rotatable bonds is 9. The fraction of sp³-hybridized carbons (Fsp3) is 1.00. The molecule has 0 N–H and O–H groups in total. The Kier molecular flexibility index (Phi) is 9.04. The Balaban J connectivity index is 2.99. The summed E-state index contributed by atoms with van der Waals surface area (Å²) in [6, 6.07) is 0. The SMILES string of the molecule is CCCCCCCCCO[Si](C)(C)Cl. The van der Waals surface area contributed by atoms with Crippen LogP contribution in [0, 0.1) is 0 Å². The molecule has 0 aromatic heterocycles. The molecule has 0 aliphatic carbocycles. The fourth-order valence-electron chi connectivity index (χ4n) is 1.37. The van der Waals surface area contributed by atoms with Gasteiger partial charge in [0.15, 0.2) is 0 Å². The largest absolute Gasteiger partial charge is 0.403 e.